The summed E-state index contributed by atoms with van der Waals surface area (Å²) in [4.78, 5) is 0. The van der Waals surface area contributed by atoms with Crippen molar-refractivity contribution < 1.29 is 0 Å². The van der Waals surface area contributed by atoms with Crippen molar-refractivity contribution in [2.45, 2.75) is 84.5 Å². The van der Waals surface area contributed by atoms with E-state index in [1.54, 1.807) is 0 Å². The van der Waals surface area contributed by atoms with Gasteiger partial charge in [0, 0.05) is 0 Å². The average Bonchev–Trinajstić information content (AvgIpc) is 2.38. The maximum atomic E-state index is 3.77. The van der Waals surface area contributed by atoms with E-state index in [2.05, 4.69) is 32.6 Å². The van der Waals surface area contributed by atoms with Gasteiger partial charge in [-0.1, -0.05) is 70.6 Å². The number of hydrogen-bond acceptors (Lipinski definition) is 0. The first-order valence-electron chi connectivity index (χ1n) is 8.12. The van der Waals surface area contributed by atoms with Gasteiger partial charge in [-0.2, -0.15) is 0 Å². The molecule has 0 aromatic carbocycles. The lowest BCUT2D eigenvalue weighted by atomic mass is 9.95. The molecule has 0 aromatic heterocycles. The quantitative estimate of drug-likeness (QED) is 0.253. The largest absolute Gasteiger partial charge is 0.103 e. The van der Waals surface area contributed by atoms with Gasteiger partial charge in [0.1, 0.15) is 0 Å². The molecule has 0 saturated heterocycles. The van der Waals surface area contributed by atoms with E-state index in [-0.39, 0.29) is 0 Å². The Balaban J connectivity index is 3.61. The van der Waals surface area contributed by atoms with E-state index in [4.69, 9.17) is 0 Å². The molecule has 0 heterocycles. The summed E-state index contributed by atoms with van der Waals surface area (Å²) < 4.78 is 0. The van der Waals surface area contributed by atoms with Gasteiger partial charge >= 0.3 is 0 Å². The first kappa shape index (κ1) is 17.5. The molecule has 18 heavy (non-hydrogen) atoms. The normalized spacial score (nSPS) is 13.0. The van der Waals surface area contributed by atoms with Gasteiger partial charge in [0.2, 0.25) is 0 Å². The summed E-state index contributed by atoms with van der Waals surface area (Å²) in [6.45, 7) is 8.34. The van der Waals surface area contributed by atoms with Gasteiger partial charge in [0.25, 0.3) is 0 Å². The first-order valence-corrected chi connectivity index (χ1v) is 8.12. The number of rotatable bonds is 13. The van der Waals surface area contributed by atoms with Crippen molar-refractivity contribution in [2.24, 2.45) is 5.92 Å². The van der Waals surface area contributed by atoms with E-state index in [1.165, 1.54) is 70.6 Å². The Hall–Kier alpha value is -0.520. The van der Waals surface area contributed by atoms with Gasteiger partial charge in [-0.25, -0.2) is 0 Å². The van der Waals surface area contributed by atoms with Crippen LogP contribution in [0.15, 0.2) is 24.8 Å². The van der Waals surface area contributed by atoms with Crippen molar-refractivity contribution in [3.63, 3.8) is 0 Å². The fourth-order valence-electron chi connectivity index (χ4n) is 2.37. The van der Waals surface area contributed by atoms with Gasteiger partial charge in [-0.05, 0) is 38.0 Å². The molecule has 1 atom stereocenters. The van der Waals surface area contributed by atoms with Crippen molar-refractivity contribution in [1.82, 2.24) is 0 Å². The standard InChI is InChI=1S/C18H34/c1-4-7-9-11-12-14-17-18(15-6-3)16-13-10-8-5-2/h4,13,16,18H,1,5-12,14-15,17H2,2-3H3. The first-order chi connectivity index (χ1) is 8.85. The third-order valence-corrected chi connectivity index (χ3v) is 3.53. The Labute approximate surface area is 116 Å². The van der Waals surface area contributed by atoms with Crippen LogP contribution >= 0.6 is 0 Å². The maximum absolute atomic E-state index is 3.77. The molecule has 0 amide bonds. The predicted molar refractivity (Wildman–Crippen MR) is 85.0 cm³/mol. The van der Waals surface area contributed by atoms with Crippen molar-refractivity contribution in [2.75, 3.05) is 0 Å². The van der Waals surface area contributed by atoms with E-state index < -0.39 is 0 Å². The molecule has 0 saturated carbocycles. The van der Waals surface area contributed by atoms with Gasteiger partial charge in [-0.3, -0.25) is 0 Å². The van der Waals surface area contributed by atoms with Crippen molar-refractivity contribution in [3.8, 4) is 0 Å². The fourth-order valence-corrected chi connectivity index (χ4v) is 2.37. The van der Waals surface area contributed by atoms with Gasteiger partial charge in [-0.15, -0.1) is 6.58 Å². The van der Waals surface area contributed by atoms with Crippen LogP contribution in [0, 0.1) is 5.92 Å². The summed E-state index contributed by atoms with van der Waals surface area (Å²) in [5, 5.41) is 0. The molecule has 0 fully saturated rings. The SMILES string of the molecule is C=CCCCCCCC(C=CCCCC)CCC. The van der Waals surface area contributed by atoms with Crippen LogP contribution in [0.3, 0.4) is 0 Å². The van der Waals surface area contributed by atoms with Crippen molar-refractivity contribution >= 4 is 0 Å². The van der Waals surface area contributed by atoms with Crippen LogP contribution in [-0.2, 0) is 0 Å². The molecule has 0 bridgehead atoms. The smallest absolute Gasteiger partial charge is 0.0234 e. The van der Waals surface area contributed by atoms with E-state index in [9.17, 15) is 0 Å². The van der Waals surface area contributed by atoms with E-state index >= 15 is 0 Å². The Morgan fingerprint density at radius 3 is 2.28 bits per heavy atom. The van der Waals surface area contributed by atoms with Gasteiger partial charge < -0.3 is 0 Å². The molecule has 106 valence electrons. The van der Waals surface area contributed by atoms with Crippen LogP contribution < -0.4 is 0 Å². The zero-order valence-electron chi connectivity index (χ0n) is 12.8. The van der Waals surface area contributed by atoms with Crippen LogP contribution in [0.2, 0.25) is 0 Å². The third-order valence-electron chi connectivity index (χ3n) is 3.53. The lowest BCUT2D eigenvalue weighted by molar-refractivity contribution is 0.492. The molecule has 0 rings (SSSR count). The molecule has 0 aliphatic rings. The molecule has 0 aromatic rings. The Morgan fingerprint density at radius 2 is 1.61 bits per heavy atom. The monoisotopic (exact) mass is 250 g/mol. The Morgan fingerprint density at radius 1 is 0.833 bits per heavy atom. The predicted octanol–water partition coefficient (Wildman–Crippen LogP) is 6.68. The molecule has 0 aliphatic carbocycles. The highest BCUT2D eigenvalue weighted by molar-refractivity contribution is 4.88. The van der Waals surface area contributed by atoms with Crippen molar-refractivity contribution in [3.05, 3.63) is 24.8 Å². The number of allylic oxidation sites excluding steroid dienone is 3. The lowest BCUT2D eigenvalue weighted by Crippen LogP contribution is -1.96. The molecule has 1 unspecified atom stereocenters. The van der Waals surface area contributed by atoms with Crippen molar-refractivity contribution in [1.29, 1.82) is 0 Å². The molecular formula is C18H34. The van der Waals surface area contributed by atoms with Crippen LogP contribution in [0.1, 0.15) is 84.5 Å². The van der Waals surface area contributed by atoms with Crippen LogP contribution in [0.4, 0.5) is 0 Å². The van der Waals surface area contributed by atoms with E-state index in [0.29, 0.717) is 0 Å². The van der Waals surface area contributed by atoms with E-state index in [1.807, 2.05) is 6.08 Å². The summed E-state index contributed by atoms with van der Waals surface area (Å²) in [5.41, 5.74) is 0. The average molecular weight is 250 g/mol. The summed E-state index contributed by atoms with van der Waals surface area (Å²) in [6, 6.07) is 0. The minimum Gasteiger partial charge on any atom is -0.103 e. The number of unbranched alkanes of at least 4 members (excludes halogenated alkanes) is 6. The van der Waals surface area contributed by atoms with Crippen LogP contribution in [0.5, 0.6) is 0 Å². The Bertz CT molecular complexity index is 190. The Kier molecular flexibility index (Phi) is 14.1. The molecule has 0 aliphatic heterocycles. The second kappa shape index (κ2) is 14.5. The van der Waals surface area contributed by atoms with Crippen LogP contribution in [-0.4, -0.2) is 0 Å². The molecule has 0 spiro atoms. The lowest BCUT2D eigenvalue weighted by Gasteiger charge is -2.11. The second-order valence-electron chi connectivity index (χ2n) is 5.40. The highest BCUT2D eigenvalue weighted by atomic mass is 14.1. The minimum absolute atomic E-state index is 0.839. The van der Waals surface area contributed by atoms with Gasteiger partial charge in [0.05, 0.1) is 0 Å². The molecule has 0 heteroatoms. The third kappa shape index (κ3) is 12.0. The highest BCUT2D eigenvalue weighted by Crippen LogP contribution is 2.18. The molecule has 0 radical (unpaired) electrons. The summed E-state index contributed by atoms with van der Waals surface area (Å²) in [6.07, 6.45) is 21.7. The minimum atomic E-state index is 0.839. The molecule has 0 N–H and O–H groups in total. The topological polar surface area (TPSA) is 0 Å². The summed E-state index contributed by atoms with van der Waals surface area (Å²) >= 11 is 0. The highest BCUT2D eigenvalue weighted by Gasteiger charge is 2.02. The molecule has 0 nitrogen and oxygen atoms in total. The maximum Gasteiger partial charge on any atom is -0.0234 e. The van der Waals surface area contributed by atoms with Gasteiger partial charge in [0.15, 0.2) is 0 Å². The van der Waals surface area contributed by atoms with Crippen LogP contribution in [0.25, 0.3) is 0 Å². The fraction of sp³-hybridized carbons (Fsp3) is 0.778. The summed E-state index contributed by atoms with van der Waals surface area (Å²) in [5.74, 6) is 0.839. The number of hydrogen-bond donors (Lipinski definition) is 0. The zero-order valence-corrected chi connectivity index (χ0v) is 12.8. The zero-order chi connectivity index (χ0) is 13.5. The second-order valence-corrected chi connectivity index (χ2v) is 5.40. The summed E-state index contributed by atoms with van der Waals surface area (Å²) in [7, 11) is 0. The molecular weight excluding hydrogens is 216 g/mol. The van der Waals surface area contributed by atoms with E-state index in [0.717, 1.165) is 5.92 Å².